The zero-order chi connectivity index (χ0) is 22.0. The van der Waals surface area contributed by atoms with E-state index in [0.29, 0.717) is 18.9 Å². The Bertz CT molecular complexity index is 801. The zero-order valence-electron chi connectivity index (χ0n) is 16.7. The number of hydrogen-bond acceptors (Lipinski definition) is 4. The van der Waals surface area contributed by atoms with Crippen molar-refractivity contribution < 1.29 is 22.7 Å². The Hall–Kier alpha value is -2.29. The number of hydrazine groups is 1. The molecule has 160 valence electrons. The highest BCUT2D eigenvalue weighted by atomic mass is 35.5. The van der Waals surface area contributed by atoms with Gasteiger partial charge in [0.1, 0.15) is 12.4 Å². The van der Waals surface area contributed by atoms with E-state index in [-0.39, 0.29) is 11.3 Å². The number of halogens is 4. The second-order valence-electron chi connectivity index (χ2n) is 5.64. The molecule has 0 heterocycles. The minimum Gasteiger partial charge on any atom is -0.491 e. The van der Waals surface area contributed by atoms with Crippen LogP contribution in [0.4, 0.5) is 18.9 Å². The molecule has 0 saturated heterocycles. The van der Waals surface area contributed by atoms with E-state index in [0.717, 1.165) is 12.1 Å². The molecule has 0 aliphatic heterocycles. The quantitative estimate of drug-likeness (QED) is 0.600. The minimum atomic E-state index is -4.61. The first-order valence-corrected chi connectivity index (χ1v) is 9.38. The number of alkyl halides is 3. The molecule has 0 radical (unpaired) electrons. The van der Waals surface area contributed by atoms with Gasteiger partial charge < -0.3 is 10.1 Å². The van der Waals surface area contributed by atoms with Crippen molar-refractivity contribution in [3.8, 4) is 5.75 Å². The molecule has 0 aliphatic rings. The van der Waals surface area contributed by atoms with Gasteiger partial charge in [0.2, 0.25) is 0 Å². The summed E-state index contributed by atoms with van der Waals surface area (Å²) in [6, 6.07) is 9.70. The maximum Gasteiger partial charge on any atom is 0.417 e. The third kappa shape index (κ3) is 7.56. The summed E-state index contributed by atoms with van der Waals surface area (Å²) in [5, 5.41) is 3.82. The fraction of sp³-hybridized carbons (Fsp3) is 0.350. The van der Waals surface area contributed by atoms with Crippen LogP contribution in [0.15, 0.2) is 42.5 Å². The van der Waals surface area contributed by atoms with Gasteiger partial charge in [0.05, 0.1) is 16.1 Å². The van der Waals surface area contributed by atoms with E-state index in [1.54, 1.807) is 30.3 Å². The number of benzene rings is 2. The molecule has 9 heteroatoms. The second kappa shape index (κ2) is 11.6. The Morgan fingerprint density at radius 3 is 2.45 bits per heavy atom. The molecule has 29 heavy (non-hydrogen) atoms. The highest BCUT2D eigenvalue weighted by Gasteiger charge is 2.33. The summed E-state index contributed by atoms with van der Waals surface area (Å²) >= 11 is 5.59. The number of carbonyl (C=O) groups excluding carboxylic acids is 1. The Morgan fingerprint density at radius 1 is 1.17 bits per heavy atom. The molecule has 2 N–H and O–H groups in total. The van der Waals surface area contributed by atoms with Crippen molar-refractivity contribution in [3.05, 3.63) is 58.6 Å². The monoisotopic (exact) mass is 431 g/mol. The Labute approximate surface area is 173 Å². The number of rotatable bonds is 7. The third-order valence-corrected chi connectivity index (χ3v) is 4.06. The molecule has 2 aromatic rings. The van der Waals surface area contributed by atoms with Gasteiger partial charge in [-0.05, 0) is 37.4 Å². The molecule has 0 spiro atoms. The van der Waals surface area contributed by atoms with Gasteiger partial charge in [0.15, 0.2) is 0 Å². The molecular weight excluding hydrogens is 407 g/mol. The first-order chi connectivity index (χ1) is 13.7. The molecular formula is C20H25ClF3N3O2. The Morgan fingerprint density at radius 2 is 1.83 bits per heavy atom. The lowest BCUT2D eigenvalue weighted by molar-refractivity contribution is -0.137. The summed E-state index contributed by atoms with van der Waals surface area (Å²) in [7, 11) is 3.60. The normalized spacial score (nSPS) is 10.9. The maximum absolute atomic E-state index is 13.0. The van der Waals surface area contributed by atoms with Gasteiger partial charge >= 0.3 is 6.18 Å². The average Bonchev–Trinajstić information content (AvgIpc) is 2.70. The molecule has 0 fully saturated rings. The average molecular weight is 432 g/mol. The van der Waals surface area contributed by atoms with Crippen LogP contribution in [0.3, 0.4) is 0 Å². The third-order valence-electron chi connectivity index (χ3n) is 3.73. The molecule has 1 amide bonds. The van der Waals surface area contributed by atoms with Gasteiger partial charge in [-0.3, -0.25) is 10.2 Å². The molecule has 2 rings (SSSR count). The number of ether oxygens (including phenoxy) is 1. The number of carbonyl (C=O) groups is 1. The predicted octanol–water partition coefficient (Wildman–Crippen LogP) is 5.08. The van der Waals surface area contributed by atoms with Crippen LogP contribution in [0, 0.1) is 0 Å². The van der Waals surface area contributed by atoms with Crippen LogP contribution in [-0.4, -0.2) is 38.2 Å². The van der Waals surface area contributed by atoms with Crippen molar-refractivity contribution in [1.82, 2.24) is 10.4 Å². The van der Waals surface area contributed by atoms with E-state index in [2.05, 4.69) is 10.7 Å². The molecule has 0 unspecified atom stereocenters. The largest absolute Gasteiger partial charge is 0.491 e. The molecule has 2 aromatic carbocycles. The van der Waals surface area contributed by atoms with Crippen molar-refractivity contribution in [3.63, 3.8) is 0 Å². The number of nitrogens with one attached hydrogen (secondary N) is 2. The zero-order valence-corrected chi connectivity index (χ0v) is 17.5. The van der Waals surface area contributed by atoms with Crippen LogP contribution in [0.25, 0.3) is 0 Å². The van der Waals surface area contributed by atoms with Gasteiger partial charge in [-0.1, -0.05) is 37.6 Å². The fourth-order valence-corrected chi connectivity index (χ4v) is 2.43. The van der Waals surface area contributed by atoms with Crippen molar-refractivity contribution in [2.45, 2.75) is 20.0 Å². The summed E-state index contributed by atoms with van der Waals surface area (Å²) in [5.41, 5.74) is 2.11. The second-order valence-corrected chi connectivity index (χ2v) is 6.04. The first kappa shape index (κ1) is 24.7. The van der Waals surface area contributed by atoms with E-state index >= 15 is 0 Å². The van der Waals surface area contributed by atoms with Crippen molar-refractivity contribution in [2.75, 3.05) is 32.6 Å². The number of hydrogen-bond donors (Lipinski definition) is 2. The van der Waals surface area contributed by atoms with Crippen LogP contribution in [0.2, 0.25) is 5.02 Å². The lowest BCUT2D eigenvalue weighted by atomic mass is 10.1. The summed E-state index contributed by atoms with van der Waals surface area (Å²) < 4.78 is 44.5. The van der Waals surface area contributed by atoms with Crippen LogP contribution >= 0.6 is 11.6 Å². The van der Waals surface area contributed by atoms with Gasteiger partial charge in [0, 0.05) is 19.3 Å². The van der Waals surface area contributed by atoms with Gasteiger partial charge in [0.25, 0.3) is 5.91 Å². The molecule has 0 aromatic heterocycles. The maximum atomic E-state index is 13.0. The van der Waals surface area contributed by atoms with Crippen LogP contribution in [0.1, 0.15) is 29.8 Å². The molecule has 0 atom stereocenters. The number of likely N-dealkylation sites (N-methyl/N-ethyl adjacent to an activating group) is 1. The molecule has 0 aliphatic carbocycles. The number of amides is 1. The lowest BCUT2D eigenvalue weighted by Crippen LogP contribution is -2.34. The summed E-state index contributed by atoms with van der Waals surface area (Å²) in [6.07, 6.45) is -4.61. The predicted molar refractivity (Wildman–Crippen MR) is 109 cm³/mol. The number of anilines is 1. The van der Waals surface area contributed by atoms with Crippen molar-refractivity contribution >= 4 is 23.2 Å². The Kier molecular flexibility index (Phi) is 9.94. The molecule has 0 bridgehead atoms. The highest BCUT2D eigenvalue weighted by molar-refractivity contribution is 6.31. The van der Waals surface area contributed by atoms with Gasteiger partial charge in [-0.2, -0.15) is 13.2 Å². The van der Waals surface area contributed by atoms with Crippen LogP contribution < -0.4 is 15.5 Å². The lowest BCUT2D eigenvalue weighted by Gasteiger charge is -2.17. The van der Waals surface area contributed by atoms with E-state index in [1.807, 2.05) is 20.9 Å². The summed E-state index contributed by atoms with van der Waals surface area (Å²) in [4.78, 5) is 12.5. The van der Waals surface area contributed by atoms with Crippen molar-refractivity contribution in [1.29, 1.82) is 0 Å². The minimum absolute atomic E-state index is 0.0126. The number of para-hydroxylation sites is 1. The van der Waals surface area contributed by atoms with Gasteiger partial charge in [-0.15, -0.1) is 0 Å². The van der Waals surface area contributed by atoms with Gasteiger partial charge in [-0.25, -0.2) is 5.01 Å². The van der Waals surface area contributed by atoms with E-state index in [9.17, 15) is 18.0 Å². The smallest absolute Gasteiger partial charge is 0.417 e. The van der Waals surface area contributed by atoms with E-state index < -0.39 is 22.7 Å². The summed E-state index contributed by atoms with van der Waals surface area (Å²) in [5.74, 6) is -0.243. The SMILES string of the molecule is CC.CNN(C)CCOc1ccccc1C(=O)Nc1ccc(Cl)c(C(F)(F)F)c1. The summed E-state index contributed by atoms with van der Waals surface area (Å²) in [6.45, 7) is 4.89. The topological polar surface area (TPSA) is 53.6 Å². The number of nitrogens with zero attached hydrogens (tertiary/aromatic N) is 1. The standard InChI is InChI=1S/C18H19ClF3N3O2.C2H6/c1-23-25(2)9-10-27-16-6-4-3-5-13(16)17(26)24-12-7-8-15(19)14(11-12)18(20,21)22;1-2/h3-8,11,23H,9-10H2,1-2H3,(H,24,26);1-2H3. The Balaban J connectivity index is 0.00000204. The van der Waals surface area contributed by atoms with Crippen molar-refractivity contribution in [2.24, 2.45) is 0 Å². The molecule has 0 saturated carbocycles. The first-order valence-electron chi connectivity index (χ1n) is 9.01. The van der Waals surface area contributed by atoms with E-state index in [1.165, 1.54) is 12.1 Å². The van der Waals surface area contributed by atoms with Crippen LogP contribution in [-0.2, 0) is 6.18 Å². The van der Waals surface area contributed by atoms with Crippen LogP contribution in [0.5, 0.6) is 5.75 Å². The molecule has 5 nitrogen and oxygen atoms in total. The van der Waals surface area contributed by atoms with E-state index in [4.69, 9.17) is 16.3 Å². The fourth-order valence-electron chi connectivity index (χ4n) is 2.20. The highest BCUT2D eigenvalue weighted by Crippen LogP contribution is 2.36.